The fourth-order valence-electron chi connectivity index (χ4n) is 3.97. The number of rotatable bonds is 5. The average molecular weight is 489 g/mol. The van der Waals surface area contributed by atoms with Crippen LogP contribution in [0.3, 0.4) is 0 Å². The van der Waals surface area contributed by atoms with Crippen LogP contribution in [0.1, 0.15) is 17.2 Å². The number of hydrogen-bond acceptors (Lipinski definition) is 5. The molecule has 31 heavy (non-hydrogen) atoms. The van der Waals surface area contributed by atoms with Crippen LogP contribution in [0, 0.1) is 5.82 Å². The molecule has 2 aliphatic rings. The molecule has 6 nitrogen and oxygen atoms in total. The molecule has 8 heteroatoms. The van der Waals surface area contributed by atoms with Crippen LogP contribution in [-0.4, -0.2) is 66.0 Å². The molecule has 2 aliphatic heterocycles. The smallest absolute Gasteiger partial charge is 0.295 e. The number of Topliss-reactive ketones (excluding diaryl/α,β-unsaturated/α-hetero) is 1. The molecule has 0 aromatic heterocycles. The summed E-state index contributed by atoms with van der Waals surface area (Å²) in [7, 11) is 0. The summed E-state index contributed by atoms with van der Waals surface area (Å²) in [6.07, 6.45) is 0. The summed E-state index contributed by atoms with van der Waals surface area (Å²) in [5.74, 6) is -2.15. The first-order valence-electron chi connectivity index (χ1n) is 10.1. The van der Waals surface area contributed by atoms with Crippen LogP contribution < -0.4 is 0 Å². The Bertz CT molecular complexity index is 1020. The maximum Gasteiger partial charge on any atom is 0.295 e. The van der Waals surface area contributed by atoms with Gasteiger partial charge in [-0.2, -0.15) is 0 Å². The van der Waals surface area contributed by atoms with Crippen LogP contribution in [0.2, 0.25) is 0 Å². The Morgan fingerprint density at radius 2 is 1.81 bits per heavy atom. The van der Waals surface area contributed by atoms with Crippen molar-refractivity contribution in [3.8, 4) is 0 Å². The predicted octanol–water partition coefficient (Wildman–Crippen LogP) is 3.34. The second-order valence-corrected chi connectivity index (χ2v) is 8.42. The number of nitrogens with zero attached hydrogens (tertiary/aromatic N) is 2. The van der Waals surface area contributed by atoms with E-state index in [4.69, 9.17) is 4.74 Å². The van der Waals surface area contributed by atoms with E-state index in [0.717, 1.165) is 17.6 Å². The first kappa shape index (κ1) is 21.7. The minimum absolute atomic E-state index is 0.0108. The molecule has 1 amide bonds. The monoisotopic (exact) mass is 488 g/mol. The highest BCUT2D eigenvalue weighted by molar-refractivity contribution is 9.10. The Labute approximate surface area is 188 Å². The SMILES string of the molecule is O=C1C(=O)N(CCN2CCOCC2)C(c2cccc(Br)c2)/C1=C(/O)c1ccc(F)cc1. The Morgan fingerprint density at radius 1 is 1.10 bits per heavy atom. The van der Waals surface area contributed by atoms with E-state index >= 15 is 0 Å². The van der Waals surface area contributed by atoms with Crippen molar-refractivity contribution in [2.45, 2.75) is 6.04 Å². The quantitative estimate of drug-likeness (QED) is 0.397. The first-order chi connectivity index (χ1) is 15.0. The van der Waals surface area contributed by atoms with Crippen molar-refractivity contribution in [2.75, 3.05) is 39.4 Å². The summed E-state index contributed by atoms with van der Waals surface area (Å²) in [6.45, 7) is 3.73. The van der Waals surface area contributed by atoms with Gasteiger partial charge in [-0.1, -0.05) is 28.1 Å². The average Bonchev–Trinajstić information content (AvgIpc) is 3.03. The second-order valence-electron chi connectivity index (χ2n) is 7.51. The number of carbonyl (C=O) groups is 2. The maximum absolute atomic E-state index is 13.3. The summed E-state index contributed by atoms with van der Waals surface area (Å²) < 4.78 is 19.5. The molecule has 1 unspecified atom stereocenters. The Kier molecular flexibility index (Phi) is 6.50. The highest BCUT2D eigenvalue weighted by Crippen LogP contribution is 2.39. The van der Waals surface area contributed by atoms with Crippen LogP contribution in [0.4, 0.5) is 4.39 Å². The molecule has 2 saturated heterocycles. The summed E-state index contributed by atoms with van der Waals surface area (Å²) in [5.41, 5.74) is 1.00. The van der Waals surface area contributed by atoms with E-state index in [-0.39, 0.29) is 16.9 Å². The highest BCUT2D eigenvalue weighted by atomic mass is 79.9. The number of benzene rings is 2. The summed E-state index contributed by atoms with van der Waals surface area (Å²) in [4.78, 5) is 29.6. The molecule has 2 aromatic carbocycles. The minimum atomic E-state index is -0.742. The number of ketones is 1. The summed E-state index contributed by atoms with van der Waals surface area (Å²) >= 11 is 3.44. The normalized spacial score (nSPS) is 21.6. The number of halogens is 2. The number of aliphatic hydroxyl groups excluding tert-OH is 1. The van der Waals surface area contributed by atoms with Gasteiger partial charge in [-0.25, -0.2) is 4.39 Å². The molecule has 2 fully saturated rings. The van der Waals surface area contributed by atoms with Gasteiger partial charge in [0.1, 0.15) is 11.6 Å². The fourth-order valence-corrected chi connectivity index (χ4v) is 4.39. The van der Waals surface area contributed by atoms with Crippen LogP contribution in [0.15, 0.2) is 58.6 Å². The van der Waals surface area contributed by atoms with Gasteiger partial charge in [-0.3, -0.25) is 14.5 Å². The van der Waals surface area contributed by atoms with Gasteiger partial charge in [0.25, 0.3) is 11.7 Å². The molecular formula is C23H22BrFN2O4. The molecular weight excluding hydrogens is 467 g/mol. The van der Waals surface area contributed by atoms with Crippen LogP contribution in [-0.2, 0) is 14.3 Å². The highest BCUT2D eigenvalue weighted by Gasteiger charge is 2.46. The van der Waals surface area contributed by atoms with Gasteiger partial charge in [0.15, 0.2) is 0 Å². The fraction of sp³-hybridized carbons (Fsp3) is 0.304. The number of carbonyl (C=O) groups excluding carboxylic acids is 2. The molecule has 0 radical (unpaired) electrons. The molecule has 0 aliphatic carbocycles. The predicted molar refractivity (Wildman–Crippen MR) is 117 cm³/mol. The van der Waals surface area contributed by atoms with Crippen molar-refractivity contribution in [3.05, 3.63) is 75.5 Å². The lowest BCUT2D eigenvalue weighted by atomic mass is 9.95. The zero-order valence-electron chi connectivity index (χ0n) is 16.8. The molecule has 4 rings (SSSR count). The Hall–Kier alpha value is -2.55. The molecule has 2 aromatic rings. The molecule has 1 atom stereocenters. The molecule has 2 heterocycles. The largest absolute Gasteiger partial charge is 0.507 e. The van der Waals surface area contributed by atoms with E-state index in [1.165, 1.54) is 29.2 Å². The van der Waals surface area contributed by atoms with Crippen molar-refractivity contribution in [2.24, 2.45) is 0 Å². The standard InChI is InChI=1S/C23H22BrFN2O4/c24-17-3-1-2-16(14-17)20-19(21(28)15-4-6-18(25)7-5-15)22(29)23(30)27(20)9-8-26-10-12-31-13-11-26/h1-7,14,20,28H,8-13H2/b21-19-. The Balaban J connectivity index is 1.73. The van der Waals surface area contributed by atoms with Gasteiger partial charge in [-0.05, 0) is 42.0 Å². The lowest BCUT2D eigenvalue weighted by Crippen LogP contribution is -2.42. The van der Waals surface area contributed by atoms with E-state index in [1.807, 2.05) is 24.3 Å². The van der Waals surface area contributed by atoms with Gasteiger partial charge >= 0.3 is 0 Å². The van der Waals surface area contributed by atoms with Crippen molar-refractivity contribution >= 4 is 33.4 Å². The maximum atomic E-state index is 13.3. The third-order valence-electron chi connectivity index (χ3n) is 5.58. The van der Waals surface area contributed by atoms with E-state index < -0.39 is 23.5 Å². The van der Waals surface area contributed by atoms with E-state index in [2.05, 4.69) is 20.8 Å². The number of amides is 1. The third kappa shape index (κ3) is 4.56. The number of aliphatic hydroxyl groups is 1. The lowest BCUT2D eigenvalue weighted by Gasteiger charge is -2.31. The van der Waals surface area contributed by atoms with Gasteiger partial charge in [0, 0.05) is 36.2 Å². The lowest BCUT2D eigenvalue weighted by molar-refractivity contribution is -0.140. The van der Waals surface area contributed by atoms with Crippen molar-refractivity contribution in [3.63, 3.8) is 0 Å². The minimum Gasteiger partial charge on any atom is -0.507 e. The van der Waals surface area contributed by atoms with Crippen molar-refractivity contribution in [1.82, 2.24) is 9.80 Å². The van der Waals surface area contributed by atoms with E-state index in [1.54, 1.807) is 0 Å². The topological polar surface area (TPSA) is 70.1 Å². The second kappa shape index (κ2) is 9.30. The van der Waals surface area contributed by atoms with Gasteiger partial charge in [-0.15, -0.1) is 0 Å². The van der Waals surface area contributed by atoms with Gasteiger partial charge in [0.05, 0.1) is 24.8 Å². The summed E-state index contributed by atoms with van der Waals surface area (Å²) in [6, 6.07) is 11.8. The zero-order chi connectivity index (χ0) is 22.0. The molecule has 0 spiro atoms. The molecule has 0 saturated carbocycles. The van der Waals surface area contributed by atoms with Crippen LogP contribution in [0.5, 0.6) is 0 Å². The third-order valence-corrected chi connectivity index (χ3v) is 6.08. The molecule has 0 bridgehead atoms. The number of hydrogen-bond donors (Lipinski definition) is 1. The summed E-state index contributed by atoms with van der Waals surface area (Å²) in [5, 5.41) is 11.0. The van der Waals surface area contributed by atoms with Crippen molar-refractivity contribution in [1.29, 1.82) is 0 Å². The zero-order valence-corrected chi connectivity index (χ0v) is 18.3. The molecule has 162 valence electrons. The van der Waals surface area contributed by atoms with Gasteiger partial charge < -0.3 is 14.7 Å². The van der Waals surface area contributed by atoms with Crippen molar-refractivity contribution < 1.29 is 23.8 Å². The van der Waals surface area contributed by atoms with Gasteiger partial charge in [0.2, 0.25) is 0 Å². The first-order valence-corrected chi connectivity index (χ1v) is 10.8. The number of ether oxygens (including phenoxy) is 1. The number of likely N-dealkylation sites (tertiary alicyclic amines) is 1. The Morgan fingerprint density at radius 3 is 2.48 bits per heavy atom. The van der Waals surface area contributed by atoms with Crippen LogP contribution in [0.25, 0.3) is 5.76 Å². The van der Waals surface area contributed by atoms with E-state index in [9.17, 15) is 19.1 Å². The van der Waals surface area contributed by atoms with E-state index in [0.29, 0.717) is 31.9 Å². The number of morpholine rings is 1. The van der Waals surface area contributed by atoms with Crippen LogP contribution >= 0.6 is 15.9 Å². The molecule has 1 N–H and O–H groups in total.